The lowest BCUT2D eigenvalue weighted by molar-refractivity contribution is 0.261. The van der Waals surface area contributed by atoms with Gasteiger partial charge >= 0.3 is 0 Å². The van der Waals surface area contributed by atoms with Gasteiger partial charge in [0, 0.05) is 19.2 Å². The second kappa shape index (κ2) is 7.14. The number of nitrogens with zero attached hydrogens (tertiary/aromatic N) is 1. The van der Waals surface area contributed by atoms with Gasteiger partial charge in [-0.25, -0.2) is 26.0 Å². The third-order valence-corrected chi connectivity index (χ3v) is 5.96. The molecule has 1 fully saturated rings. The van der Waals surface area contributed by atoms with Crippen molar-refractivity contribution in [1.29, 1.82) is 0 Å². The standard InChI is InChI=1S/C14H18F4N2O2S/c1-19-5-2-9-3-6-20(7-4-9)23(21,22)14-12(17)10(15)8-11(16)13(14)18/h8-9,19H,2-7H2,1H3. The maximum atomic E-state index is 13.7. The number of hydrogen-bond donors (Lipinski definition) is 1. The van der Waals surface area contributed by atoms with Crippen molar-refractivity contribution in [2.45, 2.75) is 24.2 Å². The molecule has 1 aliphatic heterocycles. The van der Waals surface area contributed by atoms with Gasteiger partial charge in [0.25, 0.3) is 0 Å². The third kappa shape index (κ3) is 3.67. The molecule has 4 nitrogen and oxygen atoms in total. The molecule has 1 aromatic carbocycles. The van der Waals surface area contributed by atoms with Crippen LogP contribution in [0, 0.1) is 29.2 Å². The maximum Gasteiger partial charge on any atom is 0.249 e. The zero-order chi connectivity index (χ0) is 17.2. The monoisotopic (exact) mass is 354 g/mol. The van der Waals surface area contributed by atoms with Crippen molar-refractivity contribution in [3.8, 4) is 0 Å². The molecule has 1 aromatic rings. The number of hydrogen-bond acceptors (Lipinski definition) is 3. The first-order valence-electron chi connectivity index (χ1n) is 7.26. The molecule has 0 aliphatic carbocycles. The Morgan fingerprint density at radius 2 is 1.65 bits per heavy atom. The van der Waals surface area contributed by atoms with E-state index in [0.29, 0.717) is 18.8 Å². The summed E-state index contributed by atoms with van der Waals surface area (Å²) in [7, 11) is -2.82. The van der Waals surface area contributed by atoms with Crippen LogP contribution in [0.15, 0.2) is 11.0 Å². The highest BCUT2D eigenvalue weighted by molar-refractivity contribution is 7.89. The minimum Gasteiger partial charge on any atom is -0.320 e. The fourth-order valence-corrected chi connectivity index (χ4v) is 4.29. The summed E-state index contributed by atoms with van der Waals surface area (Å²) in [4.78, 5) is -1.55. The molecule has 0 saturated carbocycles. The summed E-state index contributed by atoms with van der Waals surface area (Å²) >= 11 is 0. The van der Waals surface area contributed by atoms with E-state index in [1.165, 1.54) is 0 Å². The molecule has 0 aromatic heterocycles. The Morgan fingerprint density at radius 1 is 1.13 bits per heavy atom. The molecular formula is C14H18F4N2O2S. The molecule has 23 heavy (non-hydrogen) atoms. The van der Waals surface area contributed by atoms with Crippen molar-refractivity contribution >= 4 is 10.0 Å². The highest BCUT2D eigenvalue weighted by Gasteiger charge is 2.36. The van der Waals surface area contributed by atoms with Gasteiger partial charge in [0.05, 0.1) is 0 Å². The van der Waals surface area contributed by atoms with Crippen molar-refractivity contribution in [1.82, 2.24) is 9.62 Å². The Kier molecular flexibility index (Phi) is 5.64. The van der Waals surface area contributed by atoms with Crippen LogP contribution in [0.3, 0.4) is 0 Å². The second-order valence-corrected chi connectivity index (χ2v) is 7.41. The van der Waals surface area contributed by atoms with Crippen LogP contribution in [0.2, 0.25) is 0 Å². The van der Waals surface area contributed by atoms with Gasteiger partial charge in [-0.3, -0.25) is 0 Å². The first-order valence-corrected chi connectivity index (χ1v) is 8.70. The van der Waals surface area contributed by atoms with Gasteiger partial charge in [-0.05, 0) is 38.8 Å². The Bertz CT molecular complexity index is 648. The molecule has 1 N–H and O–H groups in total. The summed E-state index contributed by atoms with van der Waals surface area (Å²) < 4.78 is 79.6. The molecule has 1 heterocycles. The molecule has 2 rings (SSSR count). The topological polar surface area (TPSA) is 49.4 Å². The third-order valence-electron chi connectivity index (χ3n) is 4.05. The predicted molar refractivity (Wildman–Crippen MR) is 76.3 cm³/mol. The van der Waals surface area contributed by atoms with Crippen LogP contribution in [-0.4, -0.2) is 39.4 Å². The summed E-state index contributed by atoms with van der Waals surface area (Å²) in [5.74, 6) is -6.94. The lowest BCUT2D eigenvalue weighted by Gasteiger charge is -2.31. The molecule has 0 spiro atoms. The van der Waals surface area contributed by atoms with E-state index in [9.17, 15) is 26.0 Å². The number of sulfonamides is 1. The van der Waals surface area contributed by atoms with Crippen molar-refractivity contribution in [2.24, 2.45) is 5.92 Å². The zero-order valence-corrected chi connectivity index (χ0v) is 13.4. The van der Waals surface area contributed by atoms with Gasteiger partial charge in [0.1, 0.15) is 0 Å². The quantitative estimate of drug-likeness (QED) is 0.652. The minimum atomic E-state index is -4.62. The Balaban J connectivity index is 2.24. The molecule has 9 heteroatoms. The molecular weight excluding hydrogens is 336 g/mol. The fraction of sp³-hybridized carbons (Fsp3) is 0.571. The minimum absolute atomic E-state index is 0.00628. The van der Waals surface area contributed by atoms with Gasteiger partial charge in [-0.1, -0.05) is 0 Å². The van der Waals surface area contributed by atoms with Crippen LogP contribution in [0.1, 0.15) is 19.3 Å². The molecule has 130 valence electrons. The molecule has 0 amide bonds. The molecule has 0 atom stereocenters. The van der Waals surface area contributed by atoms with E-state index in [1.54, 1.807) is 0 Å². The SMILES string of the molecule is CNCCC1CCN(S(=O)(=O)c2c(F)c(F)cc(F)c2F)CC1. The smallest absolute Gasteiger partial charge is 0.249 e. The van der Waals surface area contributed by atoms with Gasteiger partial charge in [0.15, 0.2) is 28.2 Å². The summed E-state index contributed by atoms with van der Waals surface area (Å²) in [6.07, 6.45) is 1.92. The van der Waals surface area contributed by atoms with Gasteiger partial charge in [-0.15, -0.1) is 0 Å². The summed E-state index contributed by atoms with van der Waals surface area (Å²) in [6.45, 7) is 0.914. The first kappa shape index (κ1) is 18.2. The van der Waals surface area contributed by atoms with E-state index < -0.39 is 38.2 Å². The van der Waals surface area contributed by atoms with Crippen molar-refractivity contribution in [3.63, 3.8) is 0 Å². The second-order valence-electron chi connectivity index (χ2n) is 5.54. The molecule has 1 aliphatic rings. The van der Waals surface area contributed by atoms with Crippen molar-refractivity contribution in [2.75, 3.05) is 26.7 Å². The van der Waals surface area contributed by atoms with Gasteiger partial charge in [-0.2, -0.15) is 4.31 Å². The maximum absolute atomic E-state index is 13.7. The number of benzene rings is 1. The largest absolute Gasteiger partial charge is 0.320 e. The molecule has 0 unspecified atom stereocenters. The fourth-order valence-electron chi connectivity index (χ4n) is 2.69. The Hall–Kier alpha value is -1.19. The van der Waals surface area contributed by atoms with Crippen LogP contribution in [0.25, 0.3) is 0 Å². The summed E-state index contributed by atoms with van der Waals surface area (Å²) in [6, 6.07) is -0.00628. The molecule has 0 bridgehead atoms. The Morgan fingerprint density at radius 3 is 2.13 bits per heavy atom. The number of rotatable bonds is 5. The van der Waals surface area contributed by atoms with Crippen LogP contribution in [0.4, 0.5) is 17.6 Å². The van der Waals surface area contributed by atoms with E-state index in [2.05, 4.69) is 5.32 Å². The first-order chi connectivity index (χ1) is 10.8. The van der Waals surface area contributed by atoms with Crippen LogP contribution >= 0.6 is 0 Å². The normalized spacial score (nSPS) is 17.6. The summed E-state index contributed by atoms with van der Waals surface area (Å²) in [5.41, 5.74) is 0. The van der Waals surface area contributed by atoms with E-state index in [0.717, 1.165) is 17.3 Å². The number of halogens is 4. The number of piperidine rings is 1. The number of nitrogens with one attached hydrogen (secondary N) is 1. The van der Waals surface area contributed by atoms with E-state index in [1.807, 2.05) is 7.05 Å². The van der Waals surface area contributed by atoms with E-state index in [4.69, 9.17) is 0 Å². The molecule has 1 saturated heterocycles. The lowest BCUT2D eigenvalue weighted by Crippen LogP contribution is -2.39. The average molecular weight is 354 g/mol. The van der Waals surface area contributed by atoms with Gasteiger partial charge in [0.2, 0.25) is 10.0 Å². The lowest BCUT2D eigenvalue weighted by atomic mass is 9.95. The zero-order valence-electron chi connectivity index (χ0n) is 12.6. The van der Waals surface area contributed by atoms with Crippen LogP contribution in [-0.2, 0) is 10.0 Å². The predicted octanol–water partition coefficient (Wildman–Crippen LogP) is 2.25. The van der Waals surface area contributed by atoms with Gasteiger partial charge < -0.3 is 5.32 Å². The van der Waals surface area contributed by atoms with Crippen LogP contribution < -0.4 is 5.32 Å². The van der Waals surface area contributed by atoms with E-state index >= 15 is 0 Å². The summed E-state index contributed by atoms with van der Waals surface area (Å²) in [5, 5.41) is 3.00. The Labute approximate surface area is 132 Å². The molecule has 0 radical (unpaired) electrons. The van der Waals surface area contributed by atoms with Crippen molar-refractivity contribution < 1.29 is 26.0 Å². The van der Waals surface area contributed by atoms with Crippen LogP contribution in [0.5, 0.6) is 0 Å². The van der Waals surface area contributed by atoms with Crippen molar-refractivity contribution in [3.05, 3.63) is 29.3 Å². The highest BCUT2D eigenvalue weighted by Crippen LogP contribution is 2.30. The van der Waals surface area contributed by atoms with E-state index in [-0.39, 0.29) is 19.2 Å². The highest BCUT2D eigenvalue weighted by atomic mass is 32.2. The average Bonchev–Trinajstić information content (AvgIpc) is 2.51.